The van der Waals surface area contributed by atoms with Crippen LogP contribution in [0.3, 0.4) is 0 Å². The van der Waals surface area contributed by atoms with Gasteiger partial charge in [-0.1, -0.05) is 0 Å². The maximum atomic E-state index is 13.6. The minimum Gasteiger partial charge on any atom is -0.472 e. The van der Waals surface area contributed by atoms with Gasteiger partial charge >= 0.3 is 0 Å². The molecule has 1 aliphatic rings. The molecule has 0 atom stereocenters. The lowest BCUT2D eigenvalue weighted by Crippen LogP contribution is -2.53. The van der Waals surface area contributed by atoms with Gasteiger partial charge in [0.25, 0.3) is 0 Å². The highest BCUT2D eigenvalue weighted by molar-refractivity contribution is 5.29. The van der Waals surface area contributed by atoms with Gasteiger partial charge in [-0.2, -0.15) is 0 Å². The van der Waals surface area contributed by atoms with Crippen LogP contribution in [-0.2, 0) is 5.67 Å². The molecule has 1 saturated heterocycles. The van der Waals surface area contributed by atoms with Gasteiger partial charge in [-0.15, -0.1) is 0 Å². The second-order valence-corrected chi connectivity index (χ2v) is 3.04. The van der Waals surface area contributed by atoms with Crippen LogP contribution in [0.2, 0.25) is 0 Å². The van der Waals surface area contributed by atoms with E-state index in [0.717, 1.165) is 5.56 Å². The molecule has 0 amide bonds. The number of hydrogen-bond acceptors (Lipinski definition) is 2. The number of furan rings is 1. The van der Waals surface area contributed by atoms with Crippen molar-refractivity contribution in [2.24, 2.45) is 0 Å². The first-order valence-electron chi connectivity index (χ1n) is 3.65. The molecule has 0 aromatic carbocycles. The molecule has 0 unspecified atom stereocenters. The van der Waals surface area contributed by atoms with Crippen molar-refractivity contribution in [3.63, 3.8) is 0 Å². The normalized spacial score (nSPS) is 21.3. The molecule has 3 heteroatoms. The zero-order valence-corrected chi connectivity index (χ0v) is 6.36. The molecule has 1 aromatic rings. The first-order chi connectivity index (χ1) is 5.22. The van der Waals surface area contributed by atoms with Crippen LogP contribution in [0.4, 0.5) is 4.39 Å². The zero-order chi connectivity index (χ0) is 7.90. The van der Waals surface area contributed by atoms with Gasteiger partial charge in [0.15, 0.2) is 5.67 Å². The number of hydrogen-bond donors (Lipinski definition) is 1. The summed E-state index contributed by atoms with van der Waals surface area (Å²) in [6.45, 7) is 2.68. The lowest BCUT2D eigenvalue weighted by atomic mass is 9.90. The third-order valence-corrected chi connectivity index (χ3v) is 2.15. The van der Waals surface area contributed by atoms with Gasteiger partial charge in [-0.05, 0) is 12.5 Å². The van der Waals surface area contributed by atoms with Gasteiger partial charge < -0.3 is 9.73 Å². The van der Waals surface area contributed by atoms with Crippen LogP contribution in [0.5, 0.6) is 0 Å². The third kappa shape index (κ3) is 0.878. The molecular formula is C8H10FNO. The molecule has 2 heterocycles. The fourth-order valence-electron chi connectivity index (χ4n) is 1.35. The Morgan fingerprint density at radius 2 is 2.27 bits per heavy atom. The molecule has 2 rings (SSSR count). The van der Waals surface area contributed by atoms with E-state index in [0.29, 0.717) is 18.7 Å². The Balaban J connectivity index is 2.35. The van der Waals surface area contributed by atoms with Crippen molar-refractivity contribution in [2.75, 3.05) is 13.1 Å². The minimum atomic E-state index is -1.17. The van der Waals surface area contributed by atoms with Gasteiger partial charge in [-0.3, -0.25) is 0 Å². The number of halogens is 1. The summed E-state index contributed by atoms with van der Waals surface area (Å²) in [5.74, 6) is 0. The number of aryl methyl sites for hydroxylation is 1. The van der Waals surface area contributed by atoms with Crippen molar-refractivity contribution < 1.29 is 8.81 Å². The largest absolute Gasteiger partial charge is 0.472 e. The summed E-state index contributed by atoms with van der Waals surface area (Å²) in [4.78, 5) is 0. The molecule has 0 bridgehead atoms. The highest BCUT2D eigenvalue weighted by atomic mass is 19.1. The lowest BCUT2D eigenvalue weighted by Gasteiger charge is -2.34. The fourth-order valence-corrected chi connectivity index (χ4v) is 1.35. The molecule has 0 radical (unpaired) electrons. The Hall–Kier alpha value is -0.830. The maximum Gasteiger partial charge on any atom is 0.163 e. The summed E-state index contributed by atoms with van der Waals surface area (Å²) in [7, 11) is 0. The van der Waals surface area contributed by atoms with Gasteiger partial charge in [0.05, 0.1) is 12.5 Å². The van der Waals surface area contributed by atoms with Gasteiger partial charge in [-0.25, -0.2) is 4.39 Å². The van der Waals surface area contributed by atoms with Crippen molar-refractivity contribution in [1.82, 2.24) is 5.32 Å². The standard InChI is InChI=1S/C8H10FNO/c1-6-2-11-3-7(6)8(9)4-10-5-8/h2-3,10H,4-5H2,1H3. The van der Waals surface area contributed by atoms with Gasteiger partial charge in [0.2, 0.25) is 0 Å². The molecule has 2 nitrogen and oxygen atoms in total. The van der Waals surface area contributed by atoms with Crippen LogP contribution in [0.25, 0.3) is 0 Å². The van der Waals surface area contributed by atoms with Gasteiger partial charge in [0.1, 0.15) is 0 Å². The van der Waals surface area contributed by atoms with Crippen molar-refractivity contribution in [2.45, 2.75) is 12.6 Å². The molecule has 1 fully saturated rings. The molecule has 0 saturated carbocycles. The minimum absolute atomic E-state index is 0.410. The van der Waals surface area contributed by atoms with Crippen LogP contribution < -0.4 is 5.32 Å². The van der Waals surface area contributed by atoms with Crippen LogP contribution >= 0.6 is 0 Å². The number of alkyl halides is 1. The lowest BCUT2D eigenvalue weighted by molar-refractivity contribution is 0.0877. The molecule has 60 valence electrons. The molecule has 1 aromatic heterocycles. The molecule has 11 heavy (non-hydrogen) atoms. The predicted molar refractivity (Wildman–Crippen MR) is 39.1 cm³/mol. The maximum absolute atomic E-state index is 13.6. The first kappa shape index (κ1) is 6.85. The van der Waals surface area contributed by atoms with E-state index in [4.69, 9.17) is 4.42 Å². The van der Waals surface area contributed by atoms with Crippen LogP contribution in [0, 0.1) is 6.92 Å². The van der Waals surface area contributed by atoms with Gasteiger partial charge in [0, 0.05) is 18.7 Å². The van der Waals surface area contributed by atoms with Crippen LogP contribution in [-0.4, -0.2) is 13.1 Å². The van der Waals surface area contributed by atoms with Crippen LogP contribution in [0.15, 0.2) is 16.9 Å². The van der Waals surface area contributed by atoms with Crippen molar-refractivity contribution >= 4 is 0 Å². The second kappa shape index (κ2) is 2.08. The smallest absolute Gasteiger partial charge is 0.163 e. The molecule has 1 N–H and O–H groups in total. The van der Waals surface area contributed by atoms with Crippen molar-refractivity contribution in [3.05, 3.63) is 23.7 Å². The van der Waals surface area contributed by atoms with E-state index in [1.54, 1.807) is 6.26 Å². The molecular weight excluding hydrogens is 145 g/mol. The number of nitrogens with one attached hydrogen (secondary N) is 1. The summed E-state index contributed by atoms with van der Waals surface area (Å²) in [5.41, 5.74) is 0.419. The van der Waals surface area contributed by atoms with E-state index in [9.17, 15) is 4.39 Å². The van der Waals surface area contributed by atoms with E-state index < -0.39 is 5.67 Å². The highest BCUT2D eigenvalue weighted by Gasteiger charge is 2.40. The third-order valence-electron chi connectivity index (χ3n) is 2.15. The summed E-state index contributed by atoms with van der Waals surface area (Å²) >= 11 is 0. The Morgan fingerprint density at radius 3 is 2.64 bits per heavy atom. The fraction of sp³-hybridized carbons (Fsp3) is 0.500. The Morgan fingerprint density at radius 1 is 1.55 bits per heavy atom. The first-order valence-corrected chi connectivity index (χ1v) is 3.65. The van der Waals surface area contributed by atoms with E-state index in [1.807, 2.05) is 6.92 Å². The Bertz CT molecular complexity index is 265. The average Bonchev–Trinajstić information content (AvgIpc) is 2.30. The van der Waals surface area contributed by atoms with E-state index in [1.165, 1.54) is 6.26 Å². The molecule has 0 spiro atoms. The van der Waals surface area contributed by atoms with E-state index >= 15 is 0 Å². The van der Waals surface area contributed by atoms with Crippen molar-refractivity contribution in [1.29, 1.82) is 0 Å². The Labute approximate surface area is 64.4 Å². The molecule has 1 aliphatic heterocycles. The van der Waals surface area contributed by atoms with E-state index in [2.05, 4.69) is 5.32 Å². The van der Waals surface area contributed by atoms with Crippen LogP contribution in [0.1, 0.15) is 11.1 Å². The van der Waals surface area contributed by atoms with Crippen molar-refractivity contribution in [3.8, 4) is 0 Å². The topological polar surface area (TPSA) is 25.2 Å². The second-order valence-electron chi connectivity index (χ2n) is 3.04. The predicted octanol–water partition coefficient (Wildman–Crippen LogP) is 1.36. The van der Waals surface area contributed by atoms with E-state index in [-0.39, 0.29) is 0 Å². The zero-order valence-electron chi connectivity index (χ0n) is 6.36. The summed E-state index contributed by atoms with van der Waals surface area (Å²) < 4.78 is 18.5. The monoisotopic (exact) mass is 155 g/mol. The Kier molecular flexibility index (Phi) is 1.29. The summed E-state index contributed by atoms with van der Waals surface area (Å²) in [6, 6.07) is 0. The summed E-state index contributed by atoms with van der Waals surface area (Å²) in [5, 5.41) is 2.90. The quantitative estimate of drug-likeness (QED) is 0.662. The SMILES string of the molecule is Cc1cocc1C1(F)CNC1. The number of rotatable bonds is 1. The highest BCUT2D eigenvalue weighted by Crippen LogP contribution is 2.32. The summed E-state index contributed by atoms with van der Waals surface area (Å²) in [6.07, 6.45) is 3.07. The molecule has 0 aliphatic carbocycles. The average molecular weight is 155 g/mol.